The van der Waals surface area contributed by atoms with Gasteiger partial charge in [-0.05, 0) is 47.2 Å². The molecule has 0 aliphatic rings. The van der Waals surface area contributed by atoms with Gasteiger partial charge in [0, 0.05) is 23.1 Å². The first-order chi connectivity index (χ1) is 18.4. The van der Waals surface area contributed by atoms with Crippen LogP contribution in [0.1, 0.15) is 27.7 Å². The maximum absolute atomic E-state index is 13.1. The highest BCUT2D eigenvalue weighted by atomic mass is 35.5. The molecule has 1 unspecified atom stereocenters. The first-order valence-electron chi connectivity index (χ1n) is 11.4. The van der Waals surface area contributed by atoms with Gasteiger partial charge in [-0.25, -0.2) is 9.78 Å². The van der Waals surface area contributed by atoms with Crippen molar-refractivity contribution in [1.82, 2.24) is 30.5 Å². The van der Waals surface area contributed by atoms with Gasteiger partial charge in [-0.1, -0.05) is 53.3 Å². The molecule has 4 aromatic rings. The first-order valence-corrected chi connectivity index (χ1v) is 12.6. The minimum Gasteiger partial charge on any atom is -0.462 e. The number of carbonyl (C=O) groups excluding carboxylic acids is 3. The predicted molar refractivity (Wildman–Crippen MR) is 142 cm³/mol. The van der Waals surface area contributed by atoms with Crippen molar-refractivity contribution in [2.75, 3.05) is 11.9 Å². The minimum absolute atomic E-state index is 0.214. The second-order valence-corrected chi connectivity index (χ2v) is 9.25. The van der Waals surface area contributed by atoms with E-state index in [0.717, 1.165) is 16.9 Å². The molecule has 0 saturated heterocycles. The van der Waals surface area contributed by atoms with Gasteiger partial charge in [0.05, 0.1) is 18.5 Å². The Morgan fingerprint density at radius 2 is 2.00 bits per heavy atom. The first kappa shape index (κ1) is 26.6. The van der Waals surface area contributed by atoms with Crippen LogP contribution in [0.5, 0.6) is 0 Å². The Morgan fingerprint density at radius 1 is 1.18 bits per heavy atom. The number of aromatic nitrogens is 5. The molecule has 2 N–H and O–H groups in total. The van der Waals surface area contributed by atoms with E-state index in [0.29, 0.717) is 16.3 Å². The molecule has 0 aliphatic heterocycles. The molecule has 0 saturated carbocycles. The molecule has 4 rings (SSSR count). The van der Waals surface area contributed by atoms with Crippen LogP contribution in [0.3, 0.4) is 0 Å². The zero-order chi connectivity index (χ0) is 26.9. The number of ether oxygens (including phenoxy) is 1. The SMILES string of the molecule is CCOC(=O)c1cnc(NC(=O)C(Cc2ccccc2)NC(=O)C=Cc2cc(Cl)ccc2-n2cnnn2)s1. The second kappa shape index (κ2) is 12.7. The highest BCUT2D eigenvalue weighted by Gasteiger charge is 2.22. The van der Waals surface area contributed by atoms with Crippen molar-refractivity contribution in [1.29, 1.82) is 0 Å². The van der Waals surface area contributed by atoms with Gasteiger partial charge >= 0.3 is 5.97 Å². The van der Waals surface area contributed by atoms with Crippen LogP contribution in [0.15, 0.2) is 67.1 Å². The number of benzene rings is 2. The van der Waals surface area contributed by atoms with E-state index in [2.05, 4.69) is 31.1 Å². The van der Waals surface area contributed by atoms with Crippen LogP contribution < -0.4 is 10.6 Å². The number of hydrogen-bond acceptors (Lipinski definition) is 9. The van der Waals surface area contributed by atoms with Crippen LogP contribution in [0.25, 0.3) is 11.8 Å². The average molecular weight is 552 g/mol. The summed E-state index contributed by atoms with van der Waals surface area (Å²) in [6, 6.07) is 13.4. The molecular formula is C25H22ClN7O4S. The number of halogens is 1. The molecule has 13 heteroatoms. The van der Waals surface area contributed by atoms with Gasteiger partial charge in [-0.3, -0.25) is 9.59 Å². The fourth-order valence-electron chi connectivity index (χ4n) is 3.40. The predicted octanol–water partition coefficient (Wildman–Crippen LogP) is 3.33. The Balaban J connectivity index is 1.50. The smallest absolute Gasteiger partial charge is 0.350 e. The zero-order valence-electron chi connectivity index (χ0n) is 20.1. The van der Waals surface area contributed by atoms with Crippen LogP contribution in [0.2, 0.25) is 5.02 Å². The summed E-state index contributed by atoms with van der Waals surface area (Å²) in [4.78, 5) is 42.3. The molecule has 38 heavy (non-hydrogen) atoms. The van der Waals surface area contributed by atoms with E-state index in [1.54, 1.807) is 31.2 Å². The van der Waals surface area contributed by atoms with E-state index in [9.17, 15) is 14.4 Å². The van der Waals surface area contributed by atoms with Crippen LogP contribution in [-0.2, 0) is 20.7 Å². The molecule has 2 amide bonds. The lowest BCUT2D eigenvalue weighted by Gasteiger charge is -2.17. The molecule has 2 aromatic heterocycles. The lowest BCUT2D eigenvalue weighted by molar-refractivity contribution is -0.123. The van der Waals surface area contributed by atoms with E-state index < -0.39 is 23.8 Å². The number of amides is 2. The summed E-state index contributed by atoms with van der Waals surface area (Å²) in [5.74, 6) is -1.51. The summed E-state index contributed by atoms with van der Waals surface area (Å²) >= 11 is 7.13. The highest BCUT2D eigenvalue weighted by Crippen LogP contribution is 2.21. The van der Waals surface area contributed by atoms with Gasteiger partial charge in [-0.15, -0.1) is 5.10 Å². The zero-order valence-corrected chi connectivity index (χ0v) is 21.6. The quantitative estimate of drug-likeness (QED) is 0.226. The van der Waals surface area contributed by atoms with Gasteiger partial charge in [0.2, 0.25) is 11.8 Å². The Hall–Kier alpha value is -4.42. The number of anilines is 1. The number of nitrogens with zero attached hydrogens (tertiary/aromatic N) is 5. The standard InChI is InChI=1S/C25H22ClN7O4S/c1-2-37-24(36)21-14-27-25(38-21)30-23(35)19(12-16-6-4-3-5-7-16)29-22(34)11-8-17-13-18(26)9-10-20(17)33-15-28-31-32-33/h3-11,13-15,19H,2,12H2,1H3,(H,29,34)(H,27,30,35). The fourth-order valence-corrected chi connectivity index (χ4v) is 4.30. The summed E-state index contributed by atoms with van der Waals surface area (Å²) < 4.78 is 6.40. The van der Waals surface area contributed by atoms with Crippen molar-refractivity contribution in [3.8, 4) is 5.69 Å². The topological polar surface area (TPSA) is 141 Å². The second-order valence-electron chi connectivity index (χ2n) is 7.78. The van der Waals surface area contributed by atoms with Gasteiger partial charge in [-0.2, -0.15) is 4.68 Å². The molecule has 0 spiro atoms. The summed E-state index contributed by atoms with van der Waals surface area (Å²) in [7, 11) is 0. The highest BCUT2D eigenvalue weighted by molar-refractivity contribution is 7.17. The third-order valence-electron chi connectivity index (χ3n) is 5.13. The van der Waals surface area contributed by atoms with Crippen LogP contribution in [0.4, 0.5) is 5.13 Å². The van der Waals surface area contributed by atoms with Crippen LogP contribution >= 0.6 is 22.9 Å². The van der Waals surface area contributed by atoms with Crippen molar-refractivity contribution in [2.24, 2.45) is 0 Å². The van der Waals surface area contributed by atoms with E-state index in [-0.39, 0.29) is 23.0 Å². The van der Waals surface area contributed by atoms with Crippen molar-refractivity contribution in [3.63, 3.8) is 0 Å². The maximum Gasteiger partial charge on any atom is 0.350 e. The molecule has 0 aliphatic carbocycles. The number of hydrogen-bond donors (Lipinski definition) is 2. The Morgan fingerprint density at radius 3 is 2.74 bits per heavy atom. The minimum atomic E-state index is -0.928. The van der Waals surface area contributed by atoms with E-state index in [1.165, 1.54) is 23.3 Å². The molecule has 2 aromatic carbocycles. The third kappa shape index (κ3) is 7.08. The summed E-state index contributed by atoms with van der Waals surface area (Å²) in [5, 5.41) is 17.2. The Labute approximate surface area is 226 Å². The normalized spacial score (nSPS) is 11.7. The fraction of sp³-hybridized carbons (Fsp3) is 0.160. The monoisotopic (exact) mass is 551 g/mol. The molecule has 2 heterocycles. The van der Waals surface area contributed by atoms with Gasteiger partial charge in [0.1, 0.15) is 17.2 Å². The molecular weight excluding hydrogens is 530 g/mol. The van der Waals surface area contributed by atoms with Crippen molar-refractivity contribution < 1.29 is 19.1 Å². The van der Waals surface area contributed by atoms with Crippen molar-refractivity contribution in [2.45, 2.75) is 19.4 Å². The number of carbonyl (C=O) groups is 3. The number of nitrogens with one attached hydrogen (secondary N) is 2. The molecule has 0 bridgehead atoms. The molecule has 11 nitrogen and oxygen atoms in total. The third-order valence-corrected chi connectivity index (χ3v) is 6.26. The number of rotatable bonds is 10. The van der Waals surface area contributed by atoms with Crippen molar-refractivity contribution >= 4 is 51.9 Å². The number of thiazole rings is 1. The maximum atomic E-state index is 13.1. The van der Waals surface area contributed by atoms with Crippen LogP contribution in [-0.4, -0.2) is 55.6 Å². The van der Waals surface area contributed by atoms with E-state index >= 15 is 0 Å². The average Bonchev–Trinajstić information content (AvgIpc) is 3.61. The van der Waals surface area contributed by atoms with Crippen molar-refractivity contribution in [3.05, 3.63) is 88.2 Å². The van der Waals surface area contributed by atoms with Gasteiger partial charge in [0.15, 0.2) is 5.13 Å². The molecule has 0 radical (unpaired) electrons. The molecule has 0 fully saturated rings. The van der Waals surface area contributed by atoms with Gasteiger partial charge < -0.3 is 15.4 Å². The Bertz CT molecular complexity index is 1440. The summed E-state index contributed by atoms with van der Waals surface area (Å²) in [6.07, 6.45) is 5.84. The lowest BCUT2D eigenvalue weighted by Crippen LogP contribution is -2.44. The number of tetrazole rings is 1. The largest absolute Gasteiger partial charge is 0.462 e. The van der Waals surface area contributed by atoms with E-state index in [4.69, 9.17) is 16.3 Å². The molecule has 194 valence electrons. The Kier molecular flexibility index (Phi) is 8.90. The number of esters is 1. The molecule has 1 atom stereocenters. The lowest BCUT2D eigenvalue weighted by atomic mass is 10.1. The van der Waals surface area contributed by atoms with Crippen LogP contribution in [0, 0.1) is 0 Å². The summed E-state index contributed by atoms with van der Waals surface area (Å²) in [6.45, 7) is 1.93. The van der Waals surface area contributed by atoms with E-state index in [1.807, 2.05) is 30.3 Å². The van der Waals surface area contributed by atoms with Gasteiger partial charge in [0.25, 0.3) is 0 Å². The summed E-state index contributed by atoms with van der Waals surface area (Å²) in [5.41, 5.74) is 2.06.